The third-order valence-electron chi connectivity index (χ3n) is 2.47. The van der Waals surface area contributed by atoms with Gasteiger partial charge in [-0.3, -0.25) is 9.59 Å². The standard InChI is InChI=1S/C10H16O4/c1-8(13-7-11)14-10(12)9-5-3-2-4-6-9/h7-9H,2-6H2,1H3. The molecule has 4 heteroatoms. The molecule has 0 amide bonds. The second-order valence-electron chi connectivity index (χ2n) is 3.57. The van der Waals surface area contributed by atoms with Crippen molar-refractivity contribution >= 4 is 12.4 Å². The zero-order chi connectivity index (χ0) is 10.4. The van der Waals surface area contributed by atoms with Crippen molar-refractivity contribution in [2.45, 2.75) is 45.3 Å². The fourth-order valence-corrected chi connectivity index (χ4v) is 1.70. The van der Waals surface area contributed by atoms with Gasteiger partial charge in [0.1, 0.15) is 0 Å². The predicted molar refractivity (Wildman–Crippen MR) is 49.3 cm³/mol. The molecule has 1 rings (SSSR count). The van der Waals surface area contributed by atoms with Gasteiger partial charge >= 0.3 is 5.97 Å². The number of ether oxygens (including phenoxy) is 2. The Labute approximate surface area is 83.6 Å². The van der Waals surface area contributed by atoms with E-state index in [1.807, 2.05) is 0 Å². The summed E-state index contributed by atoms with van der Waals surface area (Å²) in [4.78, 5) is 21.4. The molecule has 0 saturated heterocycles. The minimum atomic E-state index is -0.762. The van der Waals surface area contributed by atoms with E-state index in [0.717, 1.165) is 25.7 Å². The summed E-state index contributed by atoms with van der Waals surface area (Å²) in [6.07, 6.45) is 4.40. The molecule has 0 bridgehead atoms. The zero-order valence-corrected chi connectivity index (χ0v) is 8.40. The molecule has 0 radical (unpaired) electrons. The monoisotopic (exact) mass is 200 g/mol. The Balaban J connectivity index is 2.28. The third kappa shape index (κ3) is 3.36. The van der Waals surface area contributed by atoms with Crippen LogP contribution in [0.5, 0.6) is 0 Å². The maximum atomic E-state index is 11.5. The molecule has 0 heterocycles. The van der Waals surface area contributed by atoms with Crippen LogP contribution in [-0.2, 0) is 19.1 Å². The van der Waals surface area contributed by atoms with Gasteiger partial charge in [0.25, 0.3) is 6.47 Å². The highest BCUT2D eigenvalue weighted by atomic mass is 16.7. The first-order valence-corrected chi connectivity index (χ1v) is 5.03. The van der Waals surface area contributed by atoms with Gasteiger partial charge in [0.15, 0.2) is 0 Å². The van der Waals surface area contributed by atoms with Crippen LogP contribution in [0.4, 0.5) is 0 Å². The Morgan fingerprint density at radius 3 is 2.57 bits per heavy atom. The molecule has 0 aromatic rings. The highest BCUT2D eigenvalue weighted by Gasteiger charge is 2.24. The van der Waals surface area contributed by atoms with Crippen molar-refractivity contribution in [1.82, 2.24) is 0 Å². The highest BCUT2D eigenvalue weighted by molar-refractivity contribution is 5.72. The van der Waals surface area contributed by atoms with Crippen molar-refractivity contribution in [3.63, 3.8) is 0 Å². The van der Waals surface area contributed by atoms with Gasteiger partial charge in [0, 0.05) is 6.92 Å². The number of carbonyl (C=O) groups is 2. The average molecular weight is 200 g/mol. The lowest BCUT2D eigenvalue weighted by molar-refractivity contribution is -0.180. The number of carbonyl (C=O) groups excluding carboxylic acids is 2. The SMILES string of the molecule is CC(OC=O)OC(=O)C1CCCCC1. The van der Waals surface area contributed by atoms with Gasteiger partial charge in [-0.15, -0.1) is 0 Å². The van der Waals surface area contributed by atoms with Crippen molar-refractivity contribution in [2.75, 3.05) is 0 Å². The molecule has 0 N–H and O–H groups in total. The van der Waals surface area contributed by atoms with E-state index in [4.69, 9.17) is 4.74 Å². The number of rotatable bonds is 4. The minimum absolute atomic E-state index is 0.00134. The first-order valence-electron chi connectivity index (χ1n) is 5.03. The van der Waals surface area contributed by atoms with E-state index in [1.165, 1.54) is 13.3 Å². The fourth-order valence-electron chi connectivity index (χ4n) is 1.70. The van der Waals surface area contributed by atoms with E-state index >= 15 is 0 Å². The molecular weight excluding hydrogens is 184 g/mol. The van der Waals surface area contributed by atoms with Crippen LogP contribution >= 0.6 is 0 Å². The van der Waals surface area contributed by atoms with Gasteiger partial charge in [-0.2, -0.15) is 0 Å². The maximum absolute atomic E-state index is 11.5. The topological polar surface area (TPSA) is 52.6 Å². The van der Waals surface area contributed by atoms with Crippen LogP contribution in [0.15, 0.2) is 0 Å². The van der Waals surface area contributed by atoms with Gasteiger partial charge in [-0.1, -0.05) is 19.3 Å². The minimum Gasteiger partial charge on any atom is -0.428 e. The van der Waals surface area contributed by atoms with Crippen molar-refractivity contribution in [1.29, 1.82) is 0 Å². The van der Waals surface area contributed by atoms with Crippen molar-refractivity contribution < 1.29 is 19.1 Å². The van der Waals surface area contributed by atoms with E-state index in [1.54, 1.807) is 0 Å². The lowest BCUT2D eigenvalue weighted by Crippen LogP contribution is -2.25. The summed E-state index contributed by atoms with van der Waals surface area (Å²) in [6, 6.07) is 0. The Bertz CT molecular complexity index is 196. The molecule has 1 atom stereocenters. The summed E-state index contributed by atoms with van der Waals surface area (Å²) in [5.41, 5.74) is 0. The van der Waals surface area contributed by atoms with Gasteiger partial charge in [-0.25, -0.2) is 0 Å². The molecule has 0 aromatic carbocycles. The summed E-state index contributed by atoms with van der Waals surface area (Å²) in [5, 5.41) is 0. The van der Waals surface area contributed by atoms with Gasteiger partial charge < -0.3 is 9.47 Å². The second-order valence-corrected chi connectivity index (χ2v) is 3.57. The normalized spacial score (nSPS) is 19.8. The lowest BCUT2D eigenvalue weighted by atomic mass is 9.89. The van der Waals surface area contributed by atoms with Crippen LogP contribution in [0.25, 0.3) is 0 Å². The first kappa shape index (κ1) is 11.0. The van der Waals surface area contributed by atoms with E-state index in [2.05, 4.69) is 4.74 Å². The van der Waals surface area contributed by atoms with Crippen LogP contribution in [0, 0.1) is 5.92 Å². The first-order chi connectivity index (χ1) is 6.74. The molecular formula is C10H16O4. The largest absolute Gasteiger partial charge is 0.428 e. The predicted octanol–water partition coefficient (Wildman–Crippen LogP) is 1.63. The van der Waals surface area contributed by atoms with Crippen LogP contribution in [0.1, 0.15) is 39.0 Å². The highest BCUT2D eigenvalue weighted by Crippen LogP contribution is 2.24. The Morgan fingerprint density at radius 2 is 2.00 bits per heavy atom. The Hall–Kier alpha value is -1.06. The Kier molecular flexibility index (Phi) is 4.43. The number of hydrogen-bond acceptors (Lipinski definition) is 4. The molecule has 0 aliphatic heterocycles. The molecule has 4 nitrogen and oxygen atoms in total. The van der Waals surface area contributed by atoms with E-state index in [0.29, 0.717) is 6.47 Å². The number of esters is 1. The van der Waals surface area contributed by atoms with Crippen molar-refractivity contribution in [3.8, 4) is 0 Å². The second kappa shape index (κ2) is 5.62. The molecule has 1 aliphatic carbocycles. The molecule has 0 spiro atoms. The molecule has 1 saturated carbocycles. The van der Waals surface area contributed by atoms with Crippen molar-refractivity contribution in [2.24, 2.45) is 5.92 Å². The maximum Gasteiger partial charge on any atom is 0.311 e. The third-order valence-corrected chi connectivity index (χ3v) is 2.47. The van der Waals surface area contributed by atoms with Gasteiger partial charge in [-0.05, 0) is 12.8 Å². The summed E-state index contributed by atoms with van der Waals surface area (Å²) in [7, 11) is 0. The average Bonchev–Trinajstić information content (AvgIpc) is 2.19. The summed E-state index contributed by atoms with van der Waals surface area (Å²) >= 11 is 0. The summed E-state index contributed by atoms with van der Waals surface area (Å²) in [5.74, 6) is -0.236. The molecule has 1 fully saturated rings. The smallest absolute Gasteiger partial charge is 0.311 e. The van der Waals surface area contributed by atoms with Gasteiger partial charge in [0.05, 0.1) is 5.92 Å². The molecule has 14 heavy (non-hydrogen) atoms. The Morgan fingerprint density at radius 1 is 1.36 bits per heavy atom. The summed E-state index contributed by atoms with van der Waals surface area (Å²) < 4.78 is 9.42. The van der Waals surface area contributed by atoms with Crippen LogP contribution in [-0.4, -0.2) is 18.7 Å². The quantitative estimate of drug-likeness (QED) is 0.393. The fraction of sp³-hybridized carbons (Fsp3) is 0.800. The molecule has 80 valence electrons. The van der Waals surface area contributed by atoms with Crippen molar-refractivity contribution in [3.05, 3.63) is 0 Å². The van der Waals surface area contributed by atoms with Crippen LogP contribution < -0.4 is 0 Å². The molecule has 1 aliphatic rings. The van der Waals surface area contributed by atoms with E-state index in [9.17, 15) is 9.59 Å². The zero-order valence-electron chi connectivity index (χ0n) is 8.40. The number of hydrogen-bond donors (Lipinski definition) is 0. The van der Waals surface area contributed by atoms with E-state index < -0.39 is 6.29 Å². The van der Waals surface area contributed by atoms with E-state index in [-0.39, 0.29) is 11.9 Å². The lowest BCUT2D eigenvalue weighted by Gasteiger charge is -2.21. The van der Waals surface area contributed by atoms with Crippen LogP contribution in [0.2, 0.25) is 0 Å². The van der Waals surface area contributed by atoms with Crippen LogP contribution in [0.3, 0.4) is 0 Å². The summed E-state index contributed by atoms with van der Waals surface area (Å²) in [6.45, 7) is 1.83. The molecule has 1 unspecified atom stereocenters. The molecule has 0 aromatic heterocycles. The van der Waals surface area contributed by atoms with Gasteiger partial charge in [0.2, 0.25) is 6.29 Å².